The maximum absolute atomic E-state index is 12.5. The molecule has 0 saturated carbocycles. The zero-order valence-electron chi connectivity index (χ0n) is 10.2. The molecule has 2 saturated heterocycles. The van der Waals surface area contributed by atoms with E-state index in [9.17, 15) is 4.79 Å². The lowest BCUT2D eigenvalue weighted by molar-refractivity contribution is -0.143. The molecule has 4 nitrogen and oxygen atoms in total. The number of carbonyl (C=O) groups excluding carboxylic acids is 1. The summed E-state index contributed by atoms with van der Waals surface area (Å²) in [6.45, 7) is 5.22. The number of piperidine rings is 1. The zero-order chi connectivity index (χ0) is 11.8. The van der Waals surface area contributed by atoms with Crippen molar-refractivity contribution in [3.63, 3.8) is 0 Å². The molecule has 2 aliphatic heterocycles. The van der Waals surface area contributed by atoms with E-state index in [4.69, 9.17) is 10.5 Å². The molecule has 0 bridgehead atoms. The number of amides is 1. The van der Waals surface area contributed by atoms with E-state index in [0.717, 1.165) is 12.8 Å². The first-order valence-corrected chi connectivity index (χ1v) is 6.24. The monoisotopic (exact) mass is 226 g/mol. The van der Waals surface area contributed by atoms with Gasteiger partial charge >= 0.3 is 0 Å². The Morgan fingerprint density at radius 2 is 2.00 bits per heavy atom. The van der Waals surface area contributed by atoms with Crippen LogP contribution in [0.4, 0.5) is 0 Å². The molecule has 4 heteroatoms. The van der Waals surface area contributed by atoms with Crippen molar-refractivity contribution < 1.29 is 9.53 Å². The van der Waals surface area contributed by atoms with Gasteiger partial charge in [-0.15, -0.1) is 0 Å². The van der Waals surface area contributed by atoms with E-state index in [1.54, 1.807) is 0 Å². The molecule has 92 valence electrons. The summed E-state index contributed by atoms with van der Waals surface area (Å²) >= 11 is 0. The van der Waals surface area contributed by atoms with Crippen LogP contribution in [0.5, 0.6) is 0 Å². The Labute approximate surface area is 97.1 Å². The summed E-state index contributed by atoms with van der Waals surface area (Å²) < 4.78 is 5.27. The average Bonchev–Trinajstić information content (AvgIpc) is 2.66. The normalized spacial score (nSPS) is 40.1. The summed E-state index contributed by atoms with van der Waals surface area (Å²) in [5, 5.41) is 0. The van der Waals surface area contributed by atoms with Crippen molar-refractivity contribution in [2.75, 3.05) is 13.2 Å². The Morgan fingerprint density at radius 3 is 2.50 bits per heavy atom. The average molecular weight is 226 g/mol. The topological polar surface area (TPSA) is 55.6 Å². The summed E-state index contributed by atoms with van der Waals surface area (Å²) in [6.07, 6.45) is 4.04. The number of hydrogen-bond acceptors (Lipinski definition) is 3. The van der Waals surface area contributed by atoms with E-state index < -0.39 is 5.54 Å². The van der Waals surface area contributed by atoms with Crippen LogP contribution in [-0.4, -0.2) is 41.6 Å². The molecular formula is C12H22N2O2. The van der Waals surface area contributed by atoms with Gasteiger partial charge in [-0.05, 0) is 39.5 Å². The van der Waals surface area contributed by atoms with Crippen molar-refractivity contribution in [2.24, 2.45) is 5.73 Å². The van der Waals surface area contributed by atoms with Crippen molar-refractivity contribution >= 4 is 5.91 Å². The van der Waals surface area contributed by atoms with E-state index in [1.807, 2.05) is 4.90 Å². The summed E-state index contributed by atoms with van der Waals surface area (Å²) in [4.78, 5) is 14.4. The van der Waals surface area contributed by atoms with Crippen LogP contribution in [0.25, 0.3) is 0 Å². The van der Waals surface area contributed by atoms with Gasteiger partial charge in [0, 0.05) is 18.7 Å². The van der Waals surface area contributed by atoms with Gasteiger partial charge in [0.15, 0.2) is 0 Å². The third-order valence-electron chi connectivity index (χ3n) is 3.91. The Bertz CT molecular complexity index is 264. The molecule has 0 radical (unpaired) electrons. The first-order chi connectivity index (χ1) is 7.54. The fourth-order valence-corrected chi connectivity index (χ4v) is 2.83. The number of nitrogens with two attached hydrogens (primary N) is 1. The Balaban J connectivity index is 2.12. The number of ether oxygens (including phenoxy) is 1. The number of rotatable bonds is 1. The van der Waals surface area contributed by atoms with Crippen molar-refractivity contribution in [3.05, 3.63) is 0 Å². The molecule has 16 heavy (non-hydrogen) atoms. The van der Waals surface area contributed by atoms with Gasteiger partial charge in [0.2, 0.25) is 5.91 Å². The maximum atomic E-state index is 12.5. The SMILES string of the molecule is C[C@@H]1CCC[C@H](C)N1C(=O)C1(N)CCOC1. The van der Waals surface area contributed by atoms with Crippen LogP contribution in [0.3, 0.4) is 0 Å². The fraction of sp³-hybridized carbons (Fsp3) is 0.917. The van der Waals surface area contributed by atoms with Gasteiger partial charge < -0.3 is 15.4 Å². The van der Waals surface area contributed by atoms with Gasteiger partial charge in [-0.2, -0.15) is 0 Å². The molecule has 0 aromatic carbocycles. The second-order valence-corrected chi connectivity index (χ2v) is 5.30. The van der Waals surface area contributed by atoms with Crippen molar-refractivity contribution in [3.8, 4) is 0 Å². The van der Waals surface area contributed by atoms with E-state index in [1.165, 1.54) is 6.42 Å². The van der Waals surface area contributed by atoms with Gasteiger partial charge in [0.05, 0.1) is 6.61 Å². The first kappa shape index (κ1) is 11.9. The van der Waals surface area contributed by atoms with E-state index >= 15 is 0 Å². The Morgan fingerprint density at radius 1 is 1.38 bits per heavy atom. The molecule has 0 spiro atoms. The summed E-state index contributed by atoms with van der Waals surface area (Å²) in [5.74, 6) is 0.0877. The lowest BCUT2D eigenvalue weighted by Crippen LogP contribution is -2.61. The molecular weight excluding hydrogens is 204 g/mol. The predicted octanol–water partition coefficient (Wildman–Crippen LogP) is 0.894. The molecule has 2 rings (SSSR count). The lowest BCUT2D eigenvalue weighted by Gasteiger charge is -2.42. The minimum absolute atomic E-state index is 0.0877. The fourth-order valence-electron chi connectivity index (χ4n) is 2.83. The van der Waals surface area contributed by atoms with Crippen LogP contribution in [0.1, 0.15) is 39.5 Å². The molecule has 2 heterocycles. The molecule has 0 aliphatic carbocycles. The second-order valence-electron chi connectivity index (χ2n) is 5.30. The van der Waals surface area contributed by atoms with Gasteiger partial charge in [-0.1, -0.05) is 0 Å². The lowest BCUT2D eigenvalue weighted by atomic mass is 9.91. The molecule has 2 aliphatic rings. The number of carbonyl (C=O) groups is 1. The van der Waals surface area contributed by atoms with Gasteiger partial charge in [0.25, 0.3) is 0 Å². The van der Waals surface area contributed by atoms with Gasteiger partial charge in [0.1, 0.15) is 5.54 Å². The summed E-state index contributed by atoms with van der Waals surface area (Å²) in [5.41, 5.74) is 5.38. The highest BCUT2D eigenvalue weighted by Crippen LogP contribution is 2.27. The third-order valence-corrected chi connectivity index (χ3v) is 3.91. The van der Waals surface area contributed by atoms with Crippen molar-refractivity contribution in [1.29, 1.82) is 0 Å². The Hall–Kier alpha value is -0.610. The van der Waals surface area contributed by atoms with Crippen LogP contribution in [0.2, 0.25) is 0 Å². The summed E-state index contributed by atoms with van der Waals surface area (Å²) in [7, 11) is 0. The number of likely N-dealkylation sites (tertiary alicyclic amines) is 1. The van der Waals surface area contributed by atoms with E-state index in [-0.39, 0.29) is 5.91 Å². The van der Waals surface area contributed by atoms with Crippen LogP contribution in [0, 0.1) is 0 Å². The summed E-state index contributed by atoms with van der Waals surface area (Å²) in [6, 6.07) is 0.634. The predicted molar refractivity (Wildman–Crippen MR) is 62.0 cm³/mol. The standard InChI is InChI=1S/C12H22N2O2/c1-9-4-3-5-10(2)14(9)11(15)12(13)6-7-16-8-12/h9-10H,3-8,13H2,1-2H3/t9-,10+,12?. The van der Waals surface area contributed by atoms with Crippen molar-refractivity contribution in [1.82, 2.24) is 4.90 Å². The maximum Gasteiger partial charge on any atom is 0.245 e. The quantitative estimate of drug-likeness (QED) is 0.722. The molecule has 3 atom stereocenters. The first-order valence-electron chi connectivity index (χ1n) is 6.24. The minimum Gasteiger partial charge on any atom is -0.379 e. The molecule has 2 fully saturated rings. The van der Waals surface area contributed by atoms with Gasteiger partial charge in [-0.25, -0.2) is 0 Å². The highest BCUT2D eigenvalue weighted by atomic mass is 16.5. The van der Waals surface area contributed by atoms with E-state index in [2.05, 4.69) is 13.8 Å². The highest BCUT2D eigenvalue weighted by Gasteiger charge is 2.44. The minimum atomic E-state index is -0.764. The number of nitrogens with zero attached hydrogens (tertiary/aromatic N) is 1. The van der Waals surface area contributed by atoms with Crippen molar-refractivity contribution in [2.45, 2.75) is 57.2 Å². The largest absolute Gasteiger partial charge is 0.379 e. The highest BCUT2D eigenvalue weighted by molar-refractivity contribution is 5.87. The van der Waals surface area contributed by atoms with Crippen LogP contribution in [0.15, 0.2) is 0 Å². The zero-order valence-corrected chi connectivity index (χ0v) is 10.2. The van der Waals surface area contributed by atoms with Gasteiger partial charge in [-0.3, -0.25) is 4.79 Å². The molecule has 1 amide bonds. The van der Waals surface area contributed by atoms with Crippen LogP contribution < -0.4 is 5.73 Å². The third kappa shape index (κ3) is 1.96. The Kier molecular flexibility index (Phi) is 3.22. The molecule has 1 unspecified atom stereocenters. The van der Waals surface area contributed by atoms with E-state index in [0.29, 0.717) is 31.7 Å². The van der Waals surface area contributed by atoms with Crippen LogP contribution >= 0.6 is 0 Å². The smallest absolute Gasteiger partial charge is 0.245 e. The van der Waals surface area contributed by atoms with Crippen LogP contribution in [-0.2, 0) is 9.53 Å². The molecule has 0 aromatic heterocycles. The molecule has 2 N–H and O–H groups in total. The molecule has 0 aromatic rings. The second kappa shape index (κ2) is 4.34. The number of hydrogen-bond donors (Lipinski definition) is 1.